The minimum atomic E-state index is -1.09. The Bertz CT molecular complexity index is 1660. The summed E-state index contributed by atoms with van der Waals surface area (Å²) in [7, 11) is 0. The van der Waals surface area contributed by atoms with Gasteiger partial charge in [-0.3, -0.25) is 4.90 Å². The number of hydrogen-bond donors (Lipinski definition) is 2. The second-order valence-electron chi connectivity index (χ2n) is 11.0. The lowest BCUT2D eigenvalue weighted by Crippen LogP contribution is -2.48. The molecule has 228 valence electrons. The number of aromatic nitrogens is 2. The number of ether oxygens (including phenoxy) is 2. The average Bonchev–Trinajstić information content (AvgIpc) is 3.03. The van der Waals surface area contributed by atoms with Gasteiger partial charge in [0.05, 0.1) is 24.5 Å². The van der Waals surface area contributed by atoms with Crippen LogP contribution in [0.3, 0.4) is 0 Å². The molecule has 2 aliphatic rings. The second kappa shape index (κ2) is 13.2. The lowest BCUT2D eigenvalue weighted by Gasteiger charge is -2.37. The molecule has 0 bridgehead atoms. The number of nitrogens with two attached hydrogens (primary N) is 1. The molecular formula is C33H33ClFN5O4. The number of carbonyl (C=O) groups is 1. The van der Waals surface area contributed by atoms with Crippen LogP contribution in [-0.4, -0.2) is 65.3 Å². The monoisotopic (exact) mass is 617 g/mol. The Labute approximate surface area is 260 Å². The molecule has 0 spiro atoms. The maximum absolute atomic E-state index is 14.1. The minimum Gasteiger partial charge on any atom is -0.489 e. The number of carboxylic acid groups (broad SMARTS) is 1. The number of halogens is 2. The summed E-state index contributed by atoms with van der Waals surface area (Å²) in [6.07, 6.45) is 1.67. The van der Waals surface area contributed by atoms with Gasteiger partial charge in [0.2, 0.25) is 5.95 Å². The van der Waals surface area contributed by atoms with Crippen LogP contribution in [0.4, 0.5) is 16.2 Å². The van der Waals surface area contributed by atoms with Gasteiger partial charge in [0.15, 0.2) is 0 Å². The van der Waals surface area contributed by atoms with Crippen LogP contribution < -0.4 is 15.4 Å². The van der Waals surface area contributed by atoms with Gasteiger partial charge in [0.1, 0.15) is 24.0 Å². The van der Waals surface area contributed by atoms with Gasteiger partial charge in [-0.15, -0.1) is 0 Å². The molecule has 1 aromatic heterocycles. The highest BCUT2D eigenvalue weighted by Gasteiger charge is 2.27. The van der Waals surface area contributed by atoms with Gasteiger partial charge in [0, 0.05) is 54.4 Å². The molecule has 0 saturated carbocycles. The van der Waals surface area contributed by atoms with Gasteiger partial charge in [-0.2, -0.15) is 4.98 Å². The number of nitrogen functional groups attached to an aromatic ring is 1. The largest absolute Gasteiger partial charge is 0.489 e. The van der Waals surface area contributed by atoms with Gasteiger partial charge >= 0.3 is 5.97 Å². The first-order valence-corrected chi connectivity index (χ1v) is 15.0. The molecule has 0 unspecified atom stereocenters. The molecule has 6 rings (SSSR count). The van der Waals surface area contributed by atoms with Crippen molar-refractivity contribution in [2.45, 2.75) is 26.1 Å². The maximum Gasteiger partial charge on any atom is 0.335 e. The second-order valence-corrected chi connectivity index (χ2v) is 11.4. The molecule has 9 nitrogen and oxygen atoms in total. The highest BCUT2D eigenvalue weighted by Crippen LogP contribution is 2.38. The summed E-state index contributed by atoms with van der Waals surface area (Å²) in [5.74, 6) is 0.394. The van der Waals surface area contributed by atoms with E-state index in [1.54, 1.807) is 0 Å². The summed E-state index contributed by atoms with van der Waals surface area (Å²) in [6, 6.07) is 17.5. The number of rotatable bonds is 10. The summed E-state index contributed by atoms with van der Waals surface area (Å²) in [6.45, 7) is 4.78. The number of piperazine rings is 1. The van der Waals surface area contributed by atoms with Crippen molar-refractivity contribution in [2.24, 2.45) is 0 Å². The molecule has 4 aromatic rings. The molecule has 0 atom stereocenters. The van der Waals surface area contributed by atoms with E-state index in [1.807, 2.05) is 30.3 Å². The van der Waals surface area contributed by atoms with E-state index in [2.05, 4.69) is 31.9 Å². The number of benzene rings is 3. The number of anilines is 2. The van der Waals surface area contributed by atoms with Crippen molar-refractivity contribution in [3.05, 3.63) is 99.3 Å². The molecule has 44 heavy (non-hydrogen) atoms. The van der Waals surface area contributed by atoms with Crippen LogP contribution in [-0.2, 0) is 30.8 Å². The molecule has 11 heteroatoms. The number of hydrogen-bond acceptors (Lipinski definition) is 8. The summed E-state index contributed by atoms with van der Waals surface area (Å²) >= 11 is 5.99. The van der Waals surface area contributed by atoms with Crippen LogP contribution in [0.5, 0.6) is 5.75 Å². The van der Waals surface area contributed by atoms with Crippen LogP contribution in [0, 0.1) is 5.82 Å². The first kappa shape index (κ1) is 29.8. The number of carboxylic acids is 1. The summed E-state index contributed by atoms with van der Waals surface area (Å²) in [5.41, 5.74) is 11.8. The Hall–Kier alpha value is -4.25. The molecule has 1 aliphatic carbocycles. The maximum atomic E-state index is 14.1. The average molecular weight is 618 g/mol. The van der Waals surface area contributed by atoms with E-state index in [4.69, 9.17) is 31.9 Å². The van der Waals surface area contributed by atoms with Crippen LogP contribution in [0.1, 0.15) is 32.6 Å². The number of aromatic carboxylic acids is 1. The third-order valence-corrected chi connectivity index (χ3v) is 8.32. The Morgan fingerprint density at radius 1 is 0.977 bits per heavy atom. The Morgan fingerprint density at radius 3 is 2.55 bits per heavy atom. The molecule has 1 fully saturated rings. The topological polar surface area (TPSA) is 114 Å². The smallest absolute Gasteiger partial charge is 0.335 e. The number of nitrogens with zero attached hydrogens (tertiary/aromatic N) is 4. The molecule has 0 amide bonds. The van der Waals surface area contributed by atoms with Gasteiger partial charge in [-0.05, 0) is 72.5 Å². The quantitative estimate of drug-likeness (QED) is 0.231. The third-order valence-electron chi connectivity index (χ3n) is 8.07. The van der Waals surface area contributed by atoms with Crippen molar-refractivity contribution in [1.82, 2.24) is 14.9 Å². The van der Waals surface area contributed by atoms with E-state index in [0.29, 0.717) is 24.8 Å². The summed E-state index contributed by atoms with van der Waals surface area (Å²) in [4.78, 5) is 25.1. The fraction of sp³-hybridized carbons (Fsp3) is 0.303. The summed E-state index contributed by atoms with van der Waals surface area (Å²) in [5, 5.41) is 9.84. The van der Waals surface area contributed by atoms with E-state index < -0.39 is 11.8 Å². The van der Waals surface area contributed by atoms with E-state index >= 15 is 0 Å². The zero-order valence-corrected chi connectivity index (χ0v) is 24.9. The van der Waals surface area contributed by atoms with Crippen LogP contribution in [0.15, 0.2) is 60.7 Å². The SMILES string of the molecule is Nc1nc2c(c(N3CCN(CCOCc4cc(C(=O)O)ccc4F)CC3)n1)CCc1cc(OCc3ccc(Cl)cc3)ccc1-2. The van der Waals surface area contributed by atoms with E-state index in [0.717, 1.165) is 79.0 Å². The highest BCUT2D eigenvalue weighted by molar-refractivity contribution is 6.30. The lowest BCUT2D eigenvalue weighted by molar-refractivity contribution is 0.0695. The van der Waals surface area contributed by atoms with Gasteiger partial charge < -0.3 is 25.2 Å². The van der Waals surface area contributed by atoms with E-state index in [-0.39, 0.29) is 23.7 Å². The molecular weight excluding hydrogens is 585 g/mol. The number of aryl methyl sites for hydroxylation is 1. The molecule has 1 aliphatic heterocycles. The molecule has 3 aromatic carbocycles. The molecule has 2 heterocycles. The van der Waals surface area contributed by atoms with Crippen molar-refractivity contribution >= 4 is 29.3 Å². The Morgan fingerprint density at radius 2 is 1.77 bits per heavy atom. The fourth-order valence-corrected chi connectivity index (χ4v) is 5.81. The lowest BCUT2D eigenvalue weighted by atomic mass is 9.88. The van der Waals surface area contributed by atoms with Gasteiger partial charge in [-0.1, -0.05) is 23.7 Å². The Kier molecular flexibility index (Phi) is 8.92. The van der Waals surface area contributed by atoms with Crippen LogP contribution >= 0.6 is 11.6 Å². The van der Waals surface area contributed by atoms with Crippen LogP contribution in [0.2, 0.25) is 5.02 Å². The molecule has 1 saturated heterocycles. The van der Waals surface area contributed by atoms with Crippen molar-refractivity contribution in [2.75, 3.05) is 50.0 Å². The number of fused-ring (bicyclic) bond motifs is 3. The first-order chi connectivity index (χ1) is 21.3. The zero-order valence-electron chi connectivity index (χ0n) is 24.1. The van der Waals surface area contributed by atoms with E-state index in [1.165, 1.54) is 17.7 Å². The standard InChI is InChI=1S/C33H33ClFN5O4/c34-25-5-1-21(2-6-25)19-44-26-7-9-27-22(18-26)3-8-28-30(27)37-33(36)38-31(28)40-13-11-39(12-14-40)15-16-43-20-24-17-23(32(41)42)4-10-29(24)35/h1-2,4-7,9-10,17-18H,3,8,11-16,19-20H2,(H,41,42)(H2,36,37,38). The van der Waals surface area contributed by atoms with Gasteiger partial charge in [-0.25, -0.2) is 14.2 Å². The normalized spacial score (nSPS) is 14.6. The van der Waals surface area contributed by atoms with Crippen molar-refractivity contribution < 1.29 is 23.8 Å². The molecule has 0 radical (unpaired) electrons. The van der Waals surface area contributed by atoms with Crippen LogP contribution in [0.25, 0.3) is 11.3 Å². The van der Waals surface area contributed by atoms with Crippen molar-refractivity contribution in [1.29, 1.82) is 0 Å². The fourth-order valence-electron chi connectivity index (χ4n) is 5.69. The predicted molar refractivity (Wildman–Crippen MR) is 167 cm³/mol. The Balaban J connectivity index is 1.05. The van der Waals surface area contributed by atoms with Gasteiger partial charge in [0.25, 0.3) is 0 Å². The zero-order chi connectivity index (χ0) is 30.6. The van der Waals surface area contributed by atoms with Crippen molar-refractivity contribution in [3.8, 4) is 17.0 Å². The minimum absolute atomic E-state index is 0.0245. The van der Waals surface area contributed by atoms with Crippen molar-refractivity contribution in [3.63, 3.8) is 0 Å². The predicted octanol–water partition coefficient (Wildman–Crippen LogP) is 5.23. The third kappa shape index (κ3) is 6.77. The summed E-state index contributed by atoms with van der Waals surface area (Å²) < 4.78 is 25.8. The highest BCUT2D eigenvalue weighted by atomic mass is 35.5. The molecule has 3 N–H and O–H groups in total. The van der Waals surface area contributed by atoms with E-state index in [9.17, 15) is 9.18 Å². The first-order valence-electron chi connectivity index (χ1n) is 14.6.